The van der Waals surface area contributed by atoms with Gasteiger partial charge >= 0.3 is 5.97 Å². The standard InChI is InChI=1S/C13H17FN2O4/c1-8(2)3-9(13(17)18)7-15-11-4-10(14)5-12(6-11)16(19)20/h4-6,8-9,15H,3,7H2,1-2H3,(H,17,18). The number of aliphatic carboxylic acids is 1. The number of benzene rings is 1. The average Bonchev–Trinajstić information content (AvgIpc) is 2.33. The third-order valence-corrected chi connectivity index (χ3v) is 2.75. The number of anilines is 1. The van der Waals surface area contributed by atoms with Crippen molar-refractivity contribution in [3.8, 4) is 0 Å². The summed E-state index contributed by atoms with van der Waals surface area (Å²) in [7, 11) is 0. The van der Waals surface area contributed by atoms with Crippen molar-refractivity contribution >= 4 is 17.3 Å². The van der Waals surface area contributed by atoms with Crippen LogP contribution in [0, 0.1) is 27.8 Å². The van der Waals surface area contributed by atoms with Gasteiger partial charge in [-0.1, -0.05) is 13.8 Å². The van der Waals surface area contributed by atoms with Gasteiger partial charge in [-0.15, -0.1) is 0 Å². The first-order chi connectivity index (χ1) is 9.29. The molecule has 1 aromatic rings. The van der Waals surface area contributed by atoms with E-state index in [-0.39, 0.29) is 23.8 Å². The van der Waals surface area contributed by atoms with Gasteiger partial charge in [0.1, 0.15) is 5.82 Å². The van der Waals surface area contributed by atoms with E-state index in [0.717, 1.165) is 12.1 Å². The summed E-state index contributed by atoms with van der Waals surface area (Å²) in [6.45, 7) is 3.90. The Morgan fingerprint density at radius 1 is 1.45 bits per heavy atom. The lowest BCUT2D eigenvalue weighted by Gasteiger charge is -2.16. The van der Waals surface area contributed by atoms with E-state index in [1.807, 2.05) is 13.8 Å². The summed E-state index contributed by atoms with van der Waals surface area (Å²) in [4.78, 5) is 21.0. The molecule has 1 atom stereocenters. The van der Waals surface area contributed by atoms with Gasteiger partial charge in [0.15, 0.2) is 0 Å². The number of nitro groups is 1. The molecule has 20 heavy (non-hydrogen) atoms. The SMILES string of the molecule is CC(C)CC(CNc1cc(F)cc([N+](=O)[O-])c1)C(=O)O. The van der Waals surface area contributed by atoms with Crippen molar-refractivity contribution < 1.29 is 19.2 Å². The van der Waals surface area contributed by atoms with E-state index in [4.69, 9.17) is 5.11 Å². The minimum absolute atomic E-state index is 0.0914. The predicted octanol–water partition coefficient (Wildman–Crippen LogP) is 2.89. The normalized spacial score (nSPS) is 12.2. The summed E-state index contributed by atoms with van der Waals surface area (Å²) in [5.74, 6) is -2.10. The molecular weight excluding hydrogens is 267 g/mol. The molecule has 0 aromatic heterocycles. The lowest BCUT2D eigenvalue weighted by atomic mass is 9.97. The highest BCUT2D eigenvalue weighted by molar-refractivity contribution is 5.71. The van der Waals surface area contributed by atoms with Gasteiger partial charge in [-0.25, -0.2) is 4.39 Å². The van der Waals surface area contributed by atoms with Crippen LogP contribution in [0.2, 0.25) is 0 Å². The third-order valence-electron chi connectivity index (χ3n) is 2.75. The molecule has 0 saturated carbocycles. The first kappa shape index (κ1) is 15.9. The van der Waals surface area contributed by atoms with Gasteiger partial charge in [-0.2, -0.15) is 0 Å². The molecule has 1 unspecified atom stereocenters. The number of rotatable bonds is 7. The van der Waals surface area contributed by atoms with Crippen LogP contribution in [0.25, 0.3) is 0 Å². The van der Waals surface area contributed by atoms with E-state index >= 15 is 0 Å². The number of nitro benzene ring substituents is 1. The highest BCUT2D eigenvalue weighted by Gasteiger charge is 2.19. The zero-order valence-corrected chi connectivity index (χ0v) is 11.3. The molecule has 0 saturated heterocycles. The molecule has 0 aliphatic rings. The lowest BCUT2D eigenvalue weighted by Crippen LogP contribution is -2.24. The van der Waals surface area contributed by atoms with Crippen molar-refractivity contribution in [3.63, 3.8) is 0 Å². The van der Waals surface area contributed by atoms with Crippen molar-refractivity contribution in [3.05, 3.63) is 34.1 Å². The number of halogens is 1. The van der Waals surface area contributed by atoms with Gasteiger partial charge in [0, 0.05) is 18.3 Å². The van der Waals surface area contributed by atoms with Crippen molar-refractivity contribution in [2.75, 3.05) is 11.9 Å². The first-order valence-corrected chi connectivity index (χ1v) is 6.21. The maximum absolute atomic E-state index is 13.2. The molecule has 0 fully saturated rings. The Hall–Kier alpha value is -2.18. The van der Waals surface area contributed by atoms with Gasteiger partial charge in [0.05, 0.1) is 16.9 Å². The lowest BCUT2D eigenvalue weighted by molar-refractivity contribution is -0.385. The van der Waals surface area contributed by atoms with E-state index in [0.29, 0.717) is 6.42 Å². The molecule has 6 nitrogen and oxygen atoms in total. The Kier molecular flexibility index (Phi) is 5.42. The second-order valence-corrected chi connectivity index (χ2v) is 5.00. The number of carbonyl (C=O) groups is 1. The average molecular weight is 284 g/mol. The molecule has 1 rings (SSSR count). The summed E-state index contributed by atoms with van der Waals surface area (Å²) in [5.41, 5.74) is -0.171. The van der Waals surface area contributed by atoms with E-state index in [9.17, 15) is 19.3 Å². The second kappa shape index (κ2) is 6.83. The second-order valence-electron chi connectivity index (χ2n) is 5.00. The minimum Gasteiger partial charge on any atom is -0.481 e. The number of hydrogen-bond acceptors (Lipinski definition) is 4. The fourth-order valence-electron chi connectivity index (χ4n) is 1.86. The van der Waals surface area contributed by atoms with Gasteiger partial charge in [-0.3, -0.25) is 14.9 Å². The number of nitrogens with zero attached hydrogens (tertiary/aromatic N) is 1. The van der Waals surface area contributed by atoms with E-state index in [1.165, 1.54) is 6.07 Å². The smallest absolute Gasteiger partial charge is 0.308 e. The monoisotopic (exact) mass is 284 g/mol. The molecule has 110 valence electrons. The molecule has 0 aliphatic carbocycles. The van der Waals surface area contributed by atoms with Crippen molar-refractivity contribution in [1.29, 1.82) is 0 Å². The quantitative estimate of drug-likeness (QED) is 0.593. The van der Waals surface area contributed by atoms with E-state index in [1.54, 1.807) is 0 Å². The highest BCUT2D eigenvalue weighted by Crippen LogP contribution is 2.21. The van der Waals surface area contributed by atoms with Gasteiger partial charge in [0.2, 0.25) is 0 Å². The summed E-state index contributed by atoms with van der Waals surface area (Å²) >= 11 is 0. The highest BCUT2D eigenvalue weighted by atomic mass is 19.1. The van der Waals surface area contributed by atoms with E-state index in [2.05, 4.69) is 5.32 Å². The van der Waals surface area contributed by atoms with Gasteiger partial charge < -0.3 is 10.4 Å². The number of nitrogens with one attached hydrogen (secondary N) is 1. The first-order valence-electron chi connectivity index (χ1n) is 6.21. The molecule has 0 heterocycles. The fraction of sp³-hybridized carbons (Fsp3) is 0.462. The van der Waals surface area contributed by atoms with Crippen LogP contribution in [0.3, 0.4) is 0 Å². The number of carboxylic acids is 1. The van der Waals surface area contributed by atoms with Crippen LogP contribution < -0.4 is 5.32 Å². The number of non-ortho nitro benzene ring substituents is 1. The fourth-order valence-corrected chi connectivity index (χ4v) is 1.86. The van der Waals surface area contributed by atoms with E-state index < -0.39 is 22.6 Å². The minimum atomic E-state index is -0.947. The molecular formula is C13H17FN2O4. The summed E-state index contributed by atoms with van der Waals surface area (Å²) in [6, 6.07) is 3.09. The topological polar surface area (TPSA) is 92.5 Å². The maximum atomic E-state index is 13.2. The third kappa shape index (κ3) is 4.83. The Morgan fingerprint density at radius 2 is 2.10 bits per heavy atom. The number of carboxylic acid groups (broad SMARTS) is 1. The molecule has 0 aliphatic heterocycles. The summed E-state index contributed by atoms with van der Waals surface area (Å²) < 4.78 is 13.2. The van der Waals surface area contributed by atoms with Crippen LogP contribution in [0.1, 0.15) is 20.3 Å². The molecule has 1 aromatic carbocycles. The number of hydrogen-bond donors (Lipinski definition) is 2. The van der Waals surface area contributed by atoms with Gasteiger partial charge in [0.25, 0.3) is 5.69 Å². The van der Waals surface area contributed by atoms with Crippen LogP contribution in [0.4, 0.5) is 15.8 Å². The van der Waals surface area contributed by atoms with Crippen LogP contribution in [0.15, 0.2) is 18.2 Å². The van der Waals surface area contributed by atoms with Crippen molar-refractivity contribution in [2.45, 2.75) is 20.3 Å². The maximum Gasteiger partial charge on any atom is 0.308 e. The Bertz CT molecular complexity index is 505. The van der Waals surface area contributed by atoms with Crippen LogP contribution in [-0.2, 0) is 4.79 Å². The molecule has 7 heteroatoms. The zero-order chi connectivity index (χ0) is 15.3. The van der Waals surface area contributed by atoms with Crippen LogP contribution in [-0.4, -0.2) is 22.5 Å². The summed E-state index contributed by atoms with van der Waals surface area (Å²) in [6.07, 6.45) is 0.472. The molecule has 0 amide bonds. The largest absolute Gasteiger partial charge is 0.481 e. The molecule has 0 spiro atoms. The molecule has 0 bridgehead atoms. The van der Waals surface area contributed by atoms with Crippen molar-refractivity contribution in [2.24, 2.45) is 11.8 Å². The van der Waals surface area contributed by atoms with Crippen LogP contribution in [0.5, 0.6) is 0 Å². The predicted molar refractivity (Wildman–Crippen MR) is 72.1 cm³/mol. The Balaban J connectivity index is 2.77. The molecule has 0 radical (unpaired) electrons. The molecule has 2 N–H and O–H groups in total. The Morgan fingerprint density at radius 3 is 2.60 bits per heavy atom. The van der Waals surface area contributed by atoms with Gasteiger partial charge in [-0.05, 0) is 18.4 Å². The van der Waals surface area contributed by atoms with Crippen molar-refractivity contribution in [1.82, 2.24) is 0 Å². The summed E-state index contributed by atoms with van der Waals surface area (Å²) in [5, 5.41) is 22.4. The Labute approximate surface area is 115 Å². The van der Waals surface area contributed by atoms with Crippen LogP contribution >= 0.6 is 0 Å². The zero-order valence-electron chi connectivity index (χ0n) is 11.3.